The molecular formula is C19H28N2O6. The molecule has 0 fully saturated rings. The number of fused-ring (bicyclic) bond motifs is 1. The molecule has 2 amide bonds. The number of carbonyl (C=O) groups excluding carboxylic acids is 2. The van der Waals surface area contributed by atoms with Gasteiger partial charge in [0.1, 0.15) is 0 Å². The van der Waals surface area contributed by atoms with E-state index in [-0.39, 0.29) is 17.6 Å². The van der Waals surface area contributed by atoms with Gasteiger partial charge in [0, 0.05) is 5.56 Å². The van der Waals surface area contributed by atoms with E-state index in [0.717, 1.165) is 15.7 Å². The number of hydroxylamine groups is 1. The summed E-state index contributed by atoms with van der Waals surface area (Å²) in [6.45, 7) is 12.9. The fraction of sp³-hybridized carbons (Fsp3) is 0.579. The van der Waals surface area contributed by atoms with Crippen LogP contribution in [-0.2, 0) is 14.9 Å². The monoisotopic (exact) mass is 380 g/mol. The van der Waals surface area contributed by atoms with Gasteiger partial charge >= 0.3 is 12.2 Å². The third kappa shape index (κ3) is 4.20. The van der Waals surface area contributed by atoms with Crippen molar-refractivity contribution in [3.8, 4) is 11.5 Å². The maximum absolute atomic E-state index is 12.8. The van der Waals surface area contributed by atoms with Crippen LogP contribution < -0.4 is 14.6 Å². The van der Waals surface area contributed by atoms with Crippen LogP contribution in [0.4, 0.5) is 15.3 Å². The first kappa shape index (κ1) is 20.7. The Kier molecular flexibility index (Phi) is 5.77. The highest BCUT2D eigenvalue weighted by atomic mass is 16.8. The van der Waals surface area contributed by atoms with Crippen LogP contribution in [-0.4, -0.2) is 36.7 Å². The second-order valence-electron chi connectivity index (χ2n) is 7.78. The van der Waals surface area contributed by atoms with Crippen molar-refractivity contribution in [2.75, 3.05) is 12.1 Å². The van der Waals surface area contributed by atoms with Crippen molar-refractivity contribution in [1.29, 1.82) is 0 Å². The number of hydrogen-bond acceptors (Lipinski definition) is 6. The van der Waals surface area contributed by atoms with E-state index in [1.165, 1.54) is 7.11 Å². The van der Waals surface area contributed by atoms with Crippen LogP contribution >= 0.6 is 0 Å². The first-order chi connectivity index (χ1) is 12.5. The summed E-state index contributed by atoms with van der Waals surface area (Å²) in [5.74, 6) is 0.724. The third-order valence-electron chi connectivity index (χ3n) is 3.69. The average molecular weight is 380 g/mol. The summed E-state index contributed by atoms with van der Waals surface area (Å²) in [5, 5.41) is 1.76. The first-order valence-corrected chi connectivity index (χ1v) is 8.88. The lowest BCUT2D eigenvalue weighted by Crippen LogP contribution is -2.49. The van der Waals surface area contributed by atoms with Gasteiger partial charge in [-0.2, -0.15) is 0 Å². The van der Waals surface area contributed by atoms with Crippen LogP contribution in [0.5, 0.6) is 11.5 Å². The molecule has 150 valence electrons. The van der Waals surface area contributed by atoms with Crippen LogP contribution in [0.2, 0.25) is 0 Å². The molecule has 0 N–H and O–H groups in total. The molecule has 0 saturated heterocycles. The quantitative estimate of drug-likeness (QED) is 0.773. The first-order valence-electron chi connectivity index (χ1n) is 8.88. The van der Waals surface area contributed by atoms with Crippen LogP contribution in [0.1, 0.15) is 54.0 Å². The second kappa shape index (κ2) is 7.54. The van der Waals surface area contributed by atoms with Crippen LogP contribution in [0.3, 0.4) is 0 Å². The lowest BCUT2D eigenvalue weighted by Gasteiger charge is -2.27. The molecule has 1 aliphatic rings. The normalized spacial score (nSPS) is 13.6. The number of benzene rings is 1. The minimum absolute atomic E-state index is 0.264. The highest BCUT2D eigenvalue weighted by molar-refractivity contribution is 5.96. The fourth-order valence-electron chi connectivity index (χ4n) is 2.63. The number of anilines is 1. The largest absolute Gasteiger partial charge is 0.494 e. The maximum Gasteiger partial charge on any atom is 0.464 e. The van der Waals surface area contributed by atoms with Gasteiger partial charge in [-0.15, -0.1) is 5.01 Å². The number of hydrogen-bond donors (Lipinski definition) is 0. The number of hydrazine groups is 1. The second-order valence-corrected chi connectivity index (χ2v) is 7.78. The van der Waals surface area contributed by atoms with Gasteiger partial charge in [-0.05, 0) is 44.3 Å². The highest BCUT2D eigenvalue weighted by Gasteiger charge is 2.44. The molecule has 1 aromatic rings. The van der Waals surface area contributed by atoms with Gasteiger partial charge in [-0.3, -0.25) is 0 Å². The molecule has 0 aromatic heterocycles. The van der Waals surface area contributed by atoms with E-state index in [0.29, 0.717) is 17.2 Å². The van der Waals surface area contributed by atoms with E-state index in [4.69, 9.17) is 19.0 Å². The number of methoxy groups -OCH3 is 1. The molecule has 1 aromatic carbocycles. The molecule has 0 aliphatic carbocycles. The van der Waals surface area contributed by atoms with Gasteiger partial charge < -0.3 is 19.0 Å². The number of rotatable bonds is 3. The summed E-state index contributed by atoms with van der Waals surface area (Å²) in [5.41, 5.74) is 0.893. The van der Waals surface area contributed by atoms with E-state index in [2.05, 4.69) is 0 Å². The molecule has 0 saturated carbocycles. The summed E-state index contributed by atoms with van der Waals surface area (Å²) in [7, 11) is 1.51. The summed E-state index contributed by atoms with van der Waals surface area (Å²) in [6.07, 6.45) is -2.38. The van der Waals surface area contributed by atoms with E-state index < -0.39 is 12.2 Å². The molecule has 0 spiro atoms. The number of ether oxygens (including phenoxy) is 3. The summed E-state index contributed by atoms with van der Waals surface area (Å²) in [6, 6.07) is 3.54. The zero-order valence-electron chi connectivity index (χ0n) is 17.2. The van der Waals surface area contributed by atoms with Gasteiger partial charge in [-0.1, -0.05) is 26.8 Å². The molecule has 0 bridgehead atoms. The average Bonchev–Trinajstić information content (AvgIpc) is 2.91. The van der Waals surface area contributed by atoms with Crippen molar-refractivity contribution in [3.05, 3.63) is 17.7 Å². The highest BCUT2D eigenvalue weighted by Crippen LogP contribution is 2.49. The minimum Gasteiger partial charge on any atom is -0.494 e. The Hall–Kier alpha value is -2.64. The van der Waals surface area contributed by atoms with Gasteiger partial charge in [0.25, 0.3) is 0 Å². The smallest absolute Gasteiger partial charge is 0.464 e. The Morgan fingerprint density at radius 3 is 2.04 bits per heavy atom. The van der Waals surface area contributed by atoms with Crippen molar-refractivity contribution < 1.29 is 28.6 Å². The van der Waals surface area contributed by atoms with E-state index in [9.17, 15) is 9.59 Å². The number of carbonyl (C=O) groups is 2. The summed E-state index contributed by atoms with van der Waals surface area (Å²) >= 11 is 0. The zero-order chi connectivity index (χ0) is 20.5. The molecule has 27 heavy (non-hydrogen) atoms. The van der Waals surface area contributed by atoms with Gasteiger partial charge in [0.15, 0.2) is 17.2 Å². The van der Waals surface area contributed by atoms with Crippen LogP contribution in [0.15, 0.2) is 12.1 Å². The number of nitrogens with zero attached hydrogens (tertiary/aromatic N) is 2. The van der Waals surface area contributed by atoms with E-state index in [1.807, 2.05) is 26.8 Å². The predicted octanol–water partition coefficient (Wildman–Crippen LogP) is 4.41. The van der Waals surface area contributed by atoms with Gasteiger partial charge in [0.05, 0.1) is 19.3 Å². The molecule has 1 heterocycles. The third-order valence-corrected chi connectivity index (χ3v) is 3.69. The molecule has 1 aliphatic heterocycles. The fourth-order valence-corrected chi connectivity index (χ4v) is 2.63. The van der Waals surface area contributed by atoms with E-state index in [1.54, 1.807) is 33.8 Å². The molecule has 0 unspecified atom stereocenters. The van der Waals surface area contributed by atoms with Crippen LogP contribution in [0.25, 0.3) is 0 Å². The van der Waals surface area contributed by atoms with Gasteiger partial charge in [-0.25, -0.2) is 9.59 Å². The summed E-state index contributed by atoms with van der Waals surface area (Å²) in [4.78, 5) is 30.9. The van der Waals surface area contributed by atoms with Crippen molar-refractivity contribution in [2.24, 2.45) is 0 Å². The van der Waals surface area contributed by atoms with Gasteiger partial charge in [0.2, 0.25) is 0 Å². The molecule has 8 nitrogen and oxygen atoms in total. The topological polar surface area (TPSA) is 77.5 Å². The summed E-state index contributed by atoms with van der Waals surface area (Å²) < 4.78 is 16.1. The lowest BCUT2D eigenvalue weighted by molar-refractivity contribution is -0.0486. The predicted molar refractivity (Wildman–Crippen MR) is 99.9 cm³/mol. The van der Waals surface area contributed by atoms with Crippen LogP contribution in [0, 0.1) is 0 Å². The zero-order valence-corrected chi connectivity index (χ0v) is 17.2. The van der Waals surface area contributed by atoms with Crippen molar-refractivity contribution in [2.45, 2.75) is 66.1 Å². The Labute approximate surface area is 159 Å². The van der Waals surface area contributed by atoms with Crippen molar-refractivity contribution in [3.63, 3.8) is 0 Å². The lowest BCUT2D eigenvalue weighted by atomic mass is 9.86. The number of amides is 2. The van der Waals surface area contributed by atoms with Crippen molar-refractivity contribution in [1.82, 2.24) is 5.17 Å². The Morgan fingerprint density at radius 2 is 1.56 bits per heavy atom. The maximum atomic E-state index is 12.8. The molecule has 8 heteroatoms. The Morgan fingerprint density at radius 1 is 1.00 bits per heavy atom. The minimum atomic E-state index is -0.832. The van der Waals surface area contributed by atoms with E-state index >= 15 is 0 Å². The Balaban J connectivity index is 2.59. The molecular weight excluding hydrogens is 352 g/mol. The molecule has 0 atom stereocenters. The standard InChI is InChI=1S/C19H28N2O6/c1-11(2)25-17(22)20-15-14(27-21(20)18(23)26-12(3)4)10-9-13(16(15)24-8)19(5,6)7/h9-12H,1-8H3. The SMILES string of the molecule is COc1c(C(C)(C)C)ccc2c1N(C(=O)OC(C)C)N(C(=O)OC(C)C)O2. The van der Waals surface area contributed by atoms with Crippen molar-refractivity contribution >= 4 is 17.9 Å². The molecule has 2 rings (SSSR count). The Bertz CT molecular complexity index is 724. The molecule has 0 radical (unpaired) electrons.